The summed E-state index contributed by atoms with van der Waals surface area (Å²) >= 11 is 7.86. The van der Waals surface area contributed by atoms with Crippen molar-refractivity contribution in [2.75, 3.05) is 14.1 Å². The maximum Gasteiger partial charge on any atom is 0.323 e. The molecule has 0 saturated carbocycles. The highest BCUT2D eigenvalue weighted by atomic mass is 35.5. The zero-order valence-corrected chi connectivity index (χ0v) is 24.9. The van der Waals surface area contributed by atoms with Crippen LogP contribution in [0.1, 0.15) is 49.9 Å². The van der Waals surface area contributed by atoms with Gasteiger partial charge in [0.2, 0.25) is 0 Å². The lowest BCUT2D eigenvalue weighted by molar-refractivity contribution is -0.137. The second kappa shape index (κ2) is 12.3. The number of amides is 1. The molecule has 0 fully saturated rings. The van der Waals surface area contributed by atoms with E-state index in [0.717, 1.165) is 16.7 Å². The van der Waals surface area contributed by atoms with Crippen LogP contribution in [0, 0.1) is 0 Å². The SMILES string of the molecule is CCc1cc(C(=O)c2ccccc2Cl)c(-n2c(CNC(=O)c3cc4ccccc4n3CC(=O)O)nnc2CN(C)C)s1. The molecule has 0 saturated heterocycles. The maximum absolute atomic E-state index is 13.8. The molecule has 0 atom stereocenters. The van der Waals surface area contributed by atoms with E-state index in [-0.39, 0.29) is 24.6 Å². The third-order valence-electron chi connectivity index (χ3n) is 6.68. The van der Waals surface area contributed by atoms with E-state index in [1.807, 2.05) is 48.7 Å². The van der Waals surface area contributed by atoms with Gasteiger partial charge in [0.1, 0.15) is 17.2 Å². The van der Waals surface area contributed by atoms with Crippen LogP contribution in [0.2, 0.25) is 5.02 Å². The number of hydrogen-bond donors (Lipinski definition) is 2. The van der Waals surface area contributed by atoms with Crippen LogP contribution in [0.5, 0.6) is 0 Å². The van der Waals surface area contributed by atoms with E-state index in [4.69, 9.17) is 11.6 Å². The standard InChI is InChI=1S/C30H29ClN6O4S/c1-4-19-14-21(28(40)20-10-6-7-11-22(20)31)30(42-19)37-25(33-34-26(37)16-35(2)3)15-32-29(41)24-13-18-9-5-8-12-23(18)36(24)17-27(38)39/h5-14H,4,15-17H2,1-3H3,(H,32,41)(H,38,39). The lowest BCUT2D eigenvalue weighted by Crippen LogP contribution is -2.28. The largest absolute Gasteiger partial charge is 0.480 e. The van der Waals surface area contributed by atoms with Crippen LogP contribution >= 0.6 is 22.9 Å². The number of para-hydroxylation sites is 1. The number of ketones is 1. The molecule has 5 rings (SSSR count). The first kappa shape index (κ1) is 29.2. The summed E-state index contributed by atoms with van der Waals surface area (Å²) < 4.78 is 3.29. The quantitative estimate of drug-likeness (QED) is 0.208. The second-order valence-corrected chi connectivity index (χ2v) is 11.5. The minimum atomic E-state index is -1.06. The number of aliphatic carboxylic acids is 1. The van der Waals surface area contributed by atoms with Gasteiger partial charge in [-0.05, 0) is 50.8 Å². The molecule has 216 valence electrons. The summed E-state index contributed by atoms with van der Waals surface area (Å²) in [7, 11) is 3.81. The number of carboxylic acids is 1. The molecule has 10 nitrogen and oxygen atoms in total. The Hall–Kier alpha value is -4.32. The maximum atomic E-state index is 13.8. The van der Waals surface area contributed by atoms with Crippen LogP contribution < -0.4 is 5.32 Å². The Balaban J connectivity index is 1.53. The van der Waals surface area contributed by atoms with Gasteiger partial charge in [0.05, 0.1) is 23.7 Å². The zero-order valence-electron chi connectivity index (χ0n) is 23.3. The number of benzene rings is 2. The molecular formula is C30H29ClN6O4S. The van der Waals surface area contributed by atoms with Gasteiger partial charge in [0, 0.05) is 21.3 Å². The minimum absolute atomic E-state index is 0.00700. The van der Waals surface area contributed by atoms with Crippen molar-refractivity contribution in [1.82, 2.24) is 29.5 Å². The average molecular weight is 605 g/mol. The topological polar surface area (TPSA) is 122 Å². The van der Waals surface area contributed by atoms with Gasteiger partial charge in [0.15, 0.2) is 17.4 Å². The van der Waals surface area contributed by atoms with Crippen LogP contribution in [-0.2, 0) is 30.8 Å². The van der Waals surface area contributed by atoms with E-state index in [0.29, 0.717) is 44.9 Å². The molecule has 0 spiro atoms. The normalized spacial score (nSPS) is 11.4. The molecule has 0 bridgehead atoms. The molecule has 0 unspecified atom stereocenters. The summed E-state index contributed by atoms with van der Waals surface area (Å²) in [5.41, 5.74) is 1.73. The van der Waals surface area contributed by atoms with Gasteiger partial charge < -0.3 is 19.9 Å². The molecule has 12 heteroatoms. The number of aryl methyl sites for hydroxylation is 1. The van der Waals surface area contributed by atoms with Crippen molar-refractivity contribution in [2.45, 2.75) is 33.0 Å². The van der Waals surface area contributed by atoms with Crippen molar-refractivity contribution in [1.29, 1.82) is 0 Å². The number of hydrogen-bond acceptors (Lipinski definition) is 7. The number of carbonyl (C=O) groups excluding carboxylic acids is 2. The first-order chi connectivity index (χ1) is 20.2. The van der Waals surface area contributed by atoms with Crippen molar-refractivity contribution in [2.24, 2.45) is 0 Å². The van der Waals surface area contributed by atoms with Gasteiger partial charge >= 0.3 is 5.97 Å². The Morgan fingerprint density at radius 3 is 2.43 bits per heavy atom. The van der Waals surface area contributed by atoms with E-state index >= 15 is 0 Å². The van der Waals surface area contributed by atoms with E-state index in [9.17, 15) is 19.5 Å². The molecule has 2 N–H and O–H groups in total. The van der Waals surface area contributed by atoms with Crippen LogP contribution in [0.4, 0.5) is 0 Å². The monoisotopic (exact) mass is 604 g/mol. The number of carboxylic acid groups (broad SMARTS) is 1. The molecule has 42 heavy (non-hydrogen) atoms. The molecule has 2 aromatic carbocycles. The summed E-state index contributed by atoms with van der Waals surface area (Å²) in [4.78, 5) is 41.7. The molecule has 0 radical (unpaired) electrons. The predicted octanol–water partition coefficient (Wildman–Crippen LogP) is 4.81. The van der Waals surface area contributed by atoms with Gasteiger partial charge in [-0.25, -0.2) is 0 Å². The van der Waals surface area contributed by atoms with Crippen molar-refractivity contribution >= 4 is 51.5 Å². The van der Waals surface area contributed by atoms with Gasteiger partial charge in [-0.1, -0.05) is 48.9 Å². The Labute approximate surface area is 251 Å². The van der Waals surface area contributed by atoms with Crippen LogP contribution in [0.15, 0.2) is 60.7 Å². The molecule has 1 amide bonds. The number of rotatable bonds is 11. The van der Waals surface area contributed by atoms with Crippen LogP contribution in [-0.4, -0.2) is 61.1 Å². The predicted molar refractivity (Wildman–Crippen MR) is 162 cm³/mol. The minimum Gasteiger partial charge on any atom is -0.480 e. The number of carbonyl (C=O) groups is 3. The van der Waals surface area contributed by atoms with Crippen LogP contribution in [0.25, 0.3) is 15.9 Å². The summed E-state index contributed by atoms with van der Waals surface area (Å²) in [6.07, 6.45) is 0.721. The highest BCUT2D eigenvalue weighted by Crippen LogP contribution is 2.32. The van der Waals surface area contributed by atoms with Crippen molar-refractivity contribution in [3.05, 3.63) is 99.0 Å². The highest BCUT2D eigenvalue weighted by Gasteiger charge is 2.26. The number of nitrogens with zero attached hydrogens (tertiary/aromatic N) is 5. The molecule has 3 aromatic heterocycles. The summed E-state index contributed by atoms with van der Waals surface area (Å²) in [5, 5.41) is 22.9. The zero-order chi connectivity index (χ0) is 30.0. The van der Waals surface area contributed by atoms with Crippen LogP contribution in [0.3, 0.4) is 0 Å². The number of nitrogens with one attached hydrogen (secondary N) is 1. The van der Waals surface area contributed by atoms with Crippen molar-refractivity contribution in [3.63, 3.8) is 0 Å². The lowest BCUT2D eigenvalue weighted by Gasteiger charge is -2.14. The fraction of sp³-hybridized carbons (Fsp3) is 0.233. The molecular weight excluding hydrogens is 576 g/mol. The molecule has 5 aromatic rings. The lowest BCUT2D eigenvalue weighted by atomic mass is 10.0. The van der Waals surface area contributed by atoms with Crippen molar-refractivity contribution in [3.8, 4) is 5.00 Å². The Bertz CT molecular complexity index is 1800. The van der Waals surface area contributed by atoms with E-state index in [1.54, 1.807) is 42.5 Å². The molecule has 0 aliphatic heterocycles. The second-order valence-electron chi connectivity index (χ2n) is 9.95. The van der Waals surface area contributed by atoms with Gasteiger partial charge in [0.25, 0.3) is 5.91 Å². The van der Waals surface area contributed by atoms with Gasteiger partial charge in [-0.2, -0.15) is 0 Å². The Morgan fingerprint density at radius 1 is 1.00 bits per heavy atom. The number of halogens is 1. The molecule has 3 heterocycles. The molecule has 0 aliphatic rings. The summed E-state index contributed by atoms with van der Waals surface area (Å²) in [6.45, 7) is 2.09. The molecule has 0 aliphatic carbocycles. The first-order valence-electron chi connectivity index (χ1n) is 13.3. The first-order valence-corrected chi connectivity index (χ1v) is 14.5. The number of aromatic nitrogens is 4. The highest BCUT2D eigenvalue weighted by molar-refractivity contribution is 7.15. The summed E-state index contributed by atoms with van der Waals surface area (Å²) in [6, 6.07) is 17.7. The average Bonchev–Trinajstić information content (AvgIpc) is 3.66. The fourth-order valence-electron chi connectivity index (χ4n) is 4.77. The van der Waals surface area contributed by atoms with E-state index < -0.39 is 11.9 Å². The van der Waals surface area contributed by atoms with E-state index in [1.165, 1.54) is 15.9 Å². The fourth-order valence-corrected chi connectivity index (χ4v) is 6.12. The third kappa shape index (κ3) is 5.85. The summed E-state index contributed by atoms with van der Waals surface area (Å²) in [5.74, 6) is -0.701. The smallest absolute Gasteiger partial charge is 0.323 e. The number of thiophene rings is 1. The third-order valence-corrected chi connectivity index (χ3v) is 8.27. The van der Waals surface area contributed by atoms with E-state index in [2.05, 4.69) is 15.5 Å². The van der Waals surface area contributed by atoms with Gasteiger partial charge in [-0.15, -0.1) is 21.5 Å². The Morgan fingerprint density at radius 2 is 1.71 bits per heavy atom. The number of fused-ring (bicyclic) bond motifs is 1. The Kier molecular flexibility index (Phi) is 8.53. The van der Waals surface area contributed by atoms with Gasteiger partial charge in [-0.3, -0.25) is 19.0 Å². The van der Waals surface area contributed by atoms with Crippen molar-refractivity contribution < 1.29 is 19.5 Å².